The van der Waals surface area contributed by atoms with Crippen LogP contribution in [0.15, 0.2) is 30.6 Å². The number of anilines is 1. The highest BCUT2D eigenvalue weighted by molar-refractivity contribution is 5.90. The van der Waals surface area contributed by atoms with Crippen LogP contribution in [0, 0.1) is 0 Å². The second-order valence-corrected chi connectivity index (χ2v) is 7.04. The Bertz CT molecular complexity index is 755. The fraction of sp³-hybridized carbons (Fsp3) is 0.500. The molecule has 1 N–H and O–H groups in total. The molecule has 2 aliphatic rings. The number of fused-ring (bicyclic) bond motifs is 1. The molecule has 7 heteroatoms. The van der Waals surface area contributed by atoms with Crippen molar-refractivity contribution in [2.75, 3.05) is 25.0 Å². The molecular formula is C18H24N6O. The van der Waals surface area contributed by atoms with E-state index in [0.717, 1.165) is 24.3 Å². The topological polar surface area (TPSA) is 66.3 Å². The number of rotatable bonds is 2. The molecule has 1 aromatic carbocycles. The van der Waals surface area contributed by atoms with Crippen LogP contribution in [0.25, 0.3) is 11.4 Å². The molecule has 0 aliphatic carbocycles. The molecule has 0 bridgehead atoms. The summed E-state index contributed by atoms with van der Waals surface area (Å²) < 4.78 is 1.68. The van der Waals surface area contributed by atoms with Gasteiger partial charge in [-0.1, -0.05) is 0 Å². The molecule has 2 fully saturated rings. The second kappa shape index (κ2) is 6.48. The van der Waals surface area contributed by atoms with E-state index in [1.54, 1.807) is 11.0 Å². The first-order valence-electron chi connectivity index (χ1n) is 8.88. The van der Waals surface area contributed by atoms with Gasteiger partial charge in [-0.15, -0.1) is 0 Å². The normalized spacial score (nSPS) is 23.5. The first-order chi connectivity index (χ1) is 12.1. The van der Waals surface area contributed by atoms with Crippen LogP contribution < -0.4 is 5.32 Å². The summed E-state index contributed by atoms with van der Waals surface area (Å²) in [4.78, 5) is 21.4. The summed E-state index contributed by atoms with van der Waals surface area (Å²) in [6, 6.07) is 8.43. The molecule has 0 unspecified atom stereocenters. The maximum absolute atomic E-state index is 12.7. The van der Waals surface area contributed by atoms with Crippen LogP contribution in [0.4, 0.5) is 10.5 Å². The van der Waals surface area contributed by atoms with Gasteiger partial charge in [-0.3, -0.25) is 9.58 Å². The molecule has 7 nitrogen and oxygen atoms in total. The van der Waals surface area contributed by atoms with Crippen molar-refractivity contribution in [2.45, 2.75) is 31.8 Å². The Labute approximate surface area is 147 Å². The van der Waals surface area contributed by atoms with Gasteiger partial charge in [0.2, 0.25) is 0 Å². The summed E-state index contributed by atoms with van der Waals surface area (Å²) in [7, 11) is 1.84. The van der Waals surface area contributed by atoms with Crippen LogP contribution in [0.2, 0.25) is 0 Å². The number of aromatic nitrogens is 3. The maximum Gasteiger partial charge on any atom is 0.322 e. The van der Waals surface area contributed by atoms with Crippen molar-refractivity contribution >= 4 is 11.7 Å². The van der Waals surface area contributed by atoms with Crippen molar-refractivity contribution in [1.82, 2.24) is 24.6 Å². The SMILES string of the molecule is C[C@H]1CN2CCC[C@@H]2CN1C(=O)Nc1ccc(-c2ncn(C)n2)cc1. The van der Waals surface area contributed by atoms with Gasteiger partial charge in [0.05, 0.1) is 0 Å². The van der Waals surface area contributed by atoms with E-state index in [2.05, 4.69) is 27.2 Å². The van der Waals surface area contributed by atoms with Crippen LogP contribution in [-0.2, 0) is 7.05 Å². The van der Waals surface area contributed by atoms with E-state index in [4.69, 9.17) is 0 Å². The van der Waals surface area contributed by atoms with E-state index in [-0.39, 0.29) is 12.1 Å². The Morgan fingerprint density at radius 2 is 2.04 bits per heavy atom. The molecule has 2 aliphatic heterocycles. The highest BCUT2D eigenvalue weighted by Gasteiger charge is 2.36. The average Bonchev–Trinajstić information content (AvgIpc) is 3.23. The van der Waals surface area contributed by atoms with Gasteiger partial charge in [0.25, 0.3) is 0 Å². The maximum atomic E-state index is 12.7. The van der Waals surface area contributed by atoms with Crippen LogP contribution >= 0.6 is 0 Å². The van der Waals surface area contributed by atoms with Crippen molar-refractivity contribution in [2.24, 2.45) is 7.05 Å². The molecule has 25 heavy (non-hydrogen) atoms. The molecule has 3 heterocycles. The molecule has 2 atom stereocenters. The Morgan fingerprint density at radius 1 is 1.24 bits per heavy atom. The van der Waals surface area contributed by atoms with Crippen LogP contribution in [0.1, 0.15) is 19.8 Å². The third-order valence-electron chi connectivity index (χ3n) is 5.19. The molecule has 2 amide bonds. The highest BCUT2D eigenvalue weighted by Crippen LogP contribution is 2.25. The third-order valence-corrected chi connectivity index (χ3v) is 5.19. The number of carbonyl (C=O) groups is 1. The Morgan fingerprint density at radius 3 is 2.76 bits per heavy atom. The third kappa shape index (κ3) is 3.24. The minimum atomic E-state index is -0.0113. The molecule has 0 radical (unpaired) electrons. The molecule has 4 rings (SSSR count). The first kappa shape index (κ1) is 16.1. The van der Waals surface area contributed by atoms with E-state index in [9.17, 15) is 4.79 Å². The van der Waals surface area contributed by atoms with Gasteiger partial charge in [-0.2, -0.15) is 5.10 Å². The molecule has 2 aromatic rings. The quantitative estimate of drug-likeness (QED) is 0.910. The lowest BCUT2D eigenvalue weighted by Gasteiger charge is -2.42. The van der Waals surface area contributed by atoms with Gasteiger partial charge < -0.3 is 10.2 Å². The number of carbonyl (C=O) groups excluding carboxylic acids is 1. The summed E-state index contributed by atoms with van der Waals surface area (Å²) in [5, 5.41) is 7.32. The summed E-state index contributed by atoms with van der Waals surface area (Å²) in [5.41, 5.74) is 1.73. The van der Waals surface area contributed by atoms with Crippen molar-refractivity contribution in [3.63, 3.8) is 0 Å². The smallest absolute Gasteiger partial charge is 0.319 e. The number of urea groups is 1. The fourth-order valence-corrected chi connectivity index (χ4v) is 3.84. The van der Waals surface area contributed by atoms with E-state index >= 15 is 0 Å². The largest absolute Gasteiger partial charge is 0.322 e. The zero-order valence-electron chi connectivity index (χ0n) is 14.7. The number of benzene rings is 1. The molecular weight excluding hydrogens is 316 g/mol. The number of nitrogens with one attached hydrogen (secondary N) is 1. The first-order valence-corrected chi connectivity index (χ1v) is 8.88. The van der Waals surface area contributed by atoms with E-state index in [1.807, 2.05) is 36.2 Å². The van der Waals surface area contributed by atoms with Crippen molar-refractivity contribution in [3.8, 4) is 11.4 Å². The van der Waals surface area contributed by atoms with Gasteiger partial charge in [-0.25, -0.2) is 9.78 Å². The summed E-state index contributed by atoms with van der Waals surface area (Å²) in [5.74, 6) is 0.686. The molecule has 2 saturated heterocycles. The number of nitrogens with zero attached hydrogens (tertiary/aromatic N) is 5. The molecule has 0 spiro atoms. The number of piperazine rings is 1. The zero-order valence-corrected chi connectivity index (χ0v) is 14.7. The Balaban J connectivity index is 1.42. The number of hydrogen-bond donors (Lipinski definition) is 1. The van der Waals surface area contributed by atoms with E-state index in [1.165, 1.54) is 19.4 Å². The Hall–Kier alpha value is -2.41. The summed E-state index contributed by atoms with van der Waals surface area (Å²) in [6.07, 6.45) is 4.12. The van der Waals surface area contributed by atoms with Gasteiger partial charge in [-0.05, 0) is 50.6 Å². The van der Waals surface area contributed by atoms with Crippen molar-refractivity contribution < 1.29 is 4.79 Å². The number of amides is 2. The van der Waals surface area contributed by atoms with Gasteiger partial charge in [0, 0.05) is 43.5 Å². The van der Waals surface area contributed by atoms with Crippen LogP contribution in [0.5, 0.6) is 0 Å². The zero-order chi connectivity index (χ0) is 17.4. The standard InChI is InChI=1S/C18H24N6O/c1-13-10-23-9-3-4-16(23)11-24(13)18(25)20-15-7-5-14(6-8-15)17-19-12-22(2)21-17/h5-8,12-13,16H,3-4,9-11H2,1-2H3,(H,20,25)/t13-,16+/m0/s1. The van der Waals surface area contributed by atoms with Crippen molar-refractivity contribution in [3.05, 3.63) is 30.6 Å². The lowest BCUT2D eigenvalue weighted by Crippen LogP contribution is -2.57. The average molecular weight is 340 g/mol. The molecule has 132 valence electrons. The number of hydrogen-bond acceptors (Lipinski definition) is 4. The monoisotopic (exact) mass is 340 g/mol. The van der Waals surface area contributed by atoms with E-state index < -0.39 is 0 Å². The van der Waals surface area contributed by atoms with Gasteiger partial charge in [0.15, 0.2) is 5.82 Å². The summed E-state index contributed by atoms with van der Waals surface area (Å²) >= 11 is 0. The number of aryl methyl sites for hydroxylation is 1. The van der Waals surface area contributed by atoms with Crippen LogP contribution in [-0.4, -0.2) is 62.3 Å². The van der Waals surface area contributed by atoms with Gasteiger partial charge >= 0.3 is 6.03 Å². The van der Waals surface area contributed by atoms with Crippen molar-refractivity contribution in [1.29, 1.82) is 0 Å². The predicted molar refractivity (Wildman–Crippen MR) is 96.2 cm³/mol. The minimum absolute atomic E-state index is 0.0113. The molecule has 1 aromatic heterocycles. The fourth-order valence-electron chi connectivity index (χ4n) is 3.84. The second-order valence-electron chi connectivity index (χ2n) is 7.04. The Kier molecular flexibility index (Phi) is 4.17. The summed E-state index contributed by atoms with van der Waals surface area (Å²) in [6.45, 7) is 5.10. The van der Waals surface area contributed by atoms with E-state index in [0.29, 0.717) is 11.9 Å². The van der Waals surface area contributed by atoms with Gasteiger partial charge in [0.1, 0.15) is 6.33 Å². The highest BCUT2D eigenvalue weighted by atomic mass is 16.2. The van der Waals surface area contributed by atoms with Crippen LogP contribution in [0.3, 0.4) is 0 Å². The minimum Gasteiger partial charge on any atom is -0.319 e. The molecule has 0 saturated carbocycles. The predicted octanol–water partition coefficient (Wildman–Crippen LogP) is 2.18. The lowest BCUT2D eigenvalue weighted by molar-refractivity contribution is 0.0861. The lowest BCUT2D eigenvalue weighted by atomic mass is 10.1.